The van der Waals surface area contributed by atoms with Gasteiger partial charge in [-0.15, -0.1) is 0 Å². The lowest BCUT2D eigenvalue weighted by Crippen LogP contribution is -2.57. The van der Waals surface area contributed by atoms with E-state index in [4.69, 9.17) is 9.47 Å². The number of thioether (sulfide) groups is 1. The van der Waals surface area contributed by atoms with Crippen molar-refractivity contribution in [2.24, 2.45) is 0 Å². The molecule has 0 amide bonds. The quantitative estimate of drug-likeness (QED) is 0.317. The lowest BCUT2D eigenvalue weighted by molar-refractivity contribution is -0.205. The number of rotatable bonds is 7. The van der Waals surface area contributed by atoms with Gasteiger partial charge in [-0.3, -0.25) is 0 Å². The van der Waals surface area contributed by atoms with Crippen LogP contribution in [0.2, 0.25) is 0 Å². The minimum atomic E-state index is -1.43. The summed E-state index contributed by atoms with van der Waals surface area (Å²) in [4.78, 5) is 4.68. The number of aromatic nitrogens is 2. The predicted molar refractivity (Wildman–Crippen MR) is 129 cm³/mol. The number of benzene rings is 3. The van der Waals surface area contributed by atoms with Gasteiger partial charge < -0.3 is 34.5 Å². The van der Waals surface area contributed by atoms with Crippen LogP contribution in [0, 0.1) is 0 Å². The van der Waals surface area contributed by atoms with E-state index in [0.717, 1.165) is 39.3 Å². The van der Waals surface area contributed by atoms with Crippen LogP contribution < -0.4 is 4.74 Å². The van der Waals surface area contributed by atoms with Gasteiger partial charge >= 0.3 is 0 Å². The van der Waals surface area contributed by atoms with E-state index in [1.807, 2.05) is 71.3 Å². The number of imidazole rings is 1. The van der Waals surface area contributed by atoms with Gasteiger partial charge in [-0.25, -0.2) is 4.98 Å². The summed E-state index contributed by atoms with van der Waals surface area (Å²) in [7, 11) is 0. The summed E-state index contributed by atoms with van der Waals surface area (Å²) in [5.74, 6) is 0.797. The minimum absolute atomic E-state index is 0.386. The van der Waals surface area contributed by atoms with E-state index >= 15 is 0 Å². The molecular formula is C25H26N2O6S. The first-order chi connectivity index (χ1) is 16.6. The average Bonchev–Trinajstić information content (AvgIpc) is 3.21. The summed E-state index contributed by atoms with van der Waals surface area (Å²) in [6.45, 7) is 0.400. The molecule has 8 nitrogen and oxygen atoms in total. The second kappa shape index (κ2) is 9.91. The first kappa shape index (κ1) is 23.1. The Labute approximate surface area is 200 Å². The number of hydrogen-bond acceptors (Lipinski definition) is 8. The summed E-state index contributed by atoms with van der Waals surface area (Å²) in [6, 6.07) is 21.7. The molecule has 0 spiro atoms. The number of aliphatic hydroxyl groups is 4. The highest BCUT2D eigenvalue weighted by Crippen LogP contribution is 2.34. The molecule has 1 saturated heterocycles. The van der Waals surface area contributed by atoms with E-state index in [1.165, 1.54) is 0 Å². The Kier molecular flexibility index (Phi) is 6.73. The highest BCUT2D eigenvalue weighted by atomic mass is 32.2. The topological polar surface area (TPSA) is 117 Å². The lowest BCUT2D eigenvalue weighted by Gasteiger charge is -2.39. The molecule has 0 saturated carbocycles. The highest BCUT2D eigenvalue weighted by molar-refractivity contribution is 7.99. The molecule has 0 bridgehead atoms. The zero-order valence-electron chi connectivity index (χ0n) is 18.3. The Morgan fingerprint density at radius 1 is 0.912 bits per heavy atom. The molecule has 178 valence electrons. The van der Waals surface area contributed by atoms with Crippen LogP contribution in [0.15, 0.2) is 71.9 Å². The third-order valence-electron chi connectivity index (χ3n) is 6.01. The van der Waals surface area contributed by atoms with Gasteiger partial charge in [0.1, 0.15) is 42.2 Å². The van der Waals surface area contributed by atoms with Crippen LogP contribution in [-0.2, 0) is 11.3 Å². The van der Waals surface area contributed by atoms with Crippen molar-refractivity contribution >= 4 is 33.6 Å². The maximum Gasteiger partial charge on any atom is 0.171 e. The lowest BCUT2D eigenvalue weighted by atomic mass is 10.0. The van der Waals surface area contributed by atoms with Crippen LogP contribution in [0.25, 0.3) is 21.8 Å². The van der Waals surface area contributed by atoms with Gasteiger partial charge in [0.05, 0.1) is 24.2 Å². The molecular weight excluding hydrogens is 456 g/mol. The maximum atomic E-state index is 10.5. The minimum Gasteiger partial charge on any atom is -0.491 e. The Morgan fingerprint density at radius 3 is 2.53 bits per heavy atom. The molecule has 4 N–H and O–H groups in total. The van der Waals surface area contributed by atoms with Crippen molar-refractivity contribution in [3.63, 3.8) is 0 Å². The smallest absolute Gasteiger partial charge is 0.171 e. The van der Waals surface area contributed by atoms with Crippen LogP contribution in [0.3, 0.4) is 0 Å². The van der Waals surface area contributed by atoms with Gasteiger partial charge in [0.15, 0.2) is 5.16 Å². The fourth-order valence-corrected chi connectivity index (χ4v) is 5.37. The van der Waals surface area contributed by atoms with Crippen LogP contribution in [0.4, 0.5) is 0 Å². The van der Waals surface area contributed by atoms with Crippen LogP contribution in [0.1, 0.15) is 0 Å². The molecule has 0 aliphatic carbocycles. The van der Waals surface area contributed by atoms with Crippen molar-refractivity contribution in [1.29, 1.82) is 0 Å². The van der Waals surface area contributed by atoms with Gasteiger partial charge in [-0.2, -0.15) is 0 Å². The third-order valence-corrected chi connectivity index (χ3v) is 7.16. The summed E-state index contributed by atoms with van der Waals surface area (Å²) in [5.41, 5.74) is 0.765. The first-order valence-electron chi connectivity index (χ1n) is 11.1. The van der Waals surface area contributed by atoms with Crippen molar-refractivity contribution in [3.05, 3.63) is 66.7 Å². The second-order valence-corrected chi connectivity index (χ2v) is 9.24. The average molecular weight is 483 g/mol. The molecule has 3 aromatic carbocycles. The largest absolute Gasteiger partial charge is 0.491 e. The molecule has 1 fully saturated rings. The van der Waals surface area contributed by atoms with Crippen molar-refractivity contribution in [2.45, 2.75) is 41.6 Å². The second-order valence-electron chi connectivity index (χ2n) is 8.18. The SMILES string of the molecule is OCC1OC(Sc2nc3ccccc3n2CCOc2cccc3ccccc23)C(O)C(O)C1O. The first-order valence-corrected chi connectivity index (χ1v) is 12.0. The van der Waals surface area contributed by atoms with Gasteiger partial charge in [0.2, 0.25) is 0 Å². The zero-order chi connectivity index (χ0) is 23.7. The van der Waals surface area contributed by atoms with Crippen LogP contribution in [0.5, 0.6) is 5.75 Å². The van der Waals surface area contributed by atoms with E-state index in [1.54, 1.807) is 0 Å². The molecule has 9 heteroatoms. The molecule has 5 rings (SSSR count). The fraction of sp³-hybridized carbons (Fsp3) is 0.320. The monoisotopic (exact) mass is 482 g/mol. The normalized spacial score (nSPS) is 25.1. The molecule has 34 heavy (non-hydrogen) atoms. The Morgan fingerprint density at radius 2 is 1.68 bits per heavy atom. The van der Waals surface area contributed by atoms with Gasteiger partial charge in [-0.1, -0.05) is 60.3 Å². The van der Waals surface area contributed by atoms with Crippen LogP contribution in [-0.4, -0.2) is 73.0 Å². The molecule has 2 heterocycles. The Hall–Kier alpha value is -2.66. The van der Waals surface area contributed by atoms with E-state index in [2.05, 4.69) is 4.98 Å². The molecule has 5 unspecified atom stereocenters. The van der Waals surface area contributed by atoms with E-state index in [0.29, 0.717) is 18.3 Å². The molecule has 1 aromatic heterocycles. The van der Waals surface area contributed by atoms with Gasteiger partial charge in [-0.05, 0) is 23.6 Å². The van der Waals surface area contributed by atoms with Gasteiger partial charge in [0, 0.05) is 5.39 Å². The Balaban J connectivity index is 1.38. The molecule has 0 radical (unpaired) electrons. The van der Waals surface area contributed by atoms with Gasteiger partial charge in [0.25, 0.3) is 0 Å². The Bertz CT molecular complexity index is 1270. The summed E-state index contributed by atoms with van der Waals surface area (Å²) >= 11 is 1.14. The fourth-order valence-electron chi connectivity index (χ4n) is 4.20. The van der Waals surface area contributed by atoms with Crippen LogP contribution >= 0.6 is 11.8 Å². The molecule has 1 aliphatic rings. The van der Waals surface area contributed by atoms with Crippen molar-refractivity contribution in [1.82, 2.24) is 9.55 Å². The number of ether oxygens (including phenoxy) is 2. The van der Waals surface area contributed by atoms with Crippen molar-refractivity contribution in [3.8, 4) is 5.75 Å². The van der Waals surface area contributed by atoms with E-state index in [9.17, 15) is 20.4 Å². The highest BCUT2D eigenvalue weighted by Gasteiger charge is 2.44. The van der Waals surface area contributed by atoms with E-state index < -0.39 is 36.5 Å². The number of nitrogens with zero attached hydrogens (tertiary/aromatic N) is 2. The molecule has 4 aromatic rings. The van der Waals surface area contributed by atoms with Crippen molar-refractivity contribution in [2.75, 3.05) is 13.2 Å². The summed E-state index contributed by atoms with van der Waals surface area (Å²) in [5, 5.41) is 42.9. The third kappa shape index (κ3) is 4.38. The summed E-state index contributed by atoms with van der Waals surface area (Å²) in [6.07, 6.45) is -5.15. The predicted octanol–water partition coefficient (Wildman–Crippen LogP) is 2.16. The molecule has 5 atom stereocenters. The van der Waals surface area contributed by atoms with E-state index in [-0.39, 0.29) is 0 Å². The standard InChI is InChI=1S/C25H26N2O6S/c28-14-20-21(29)22(30)23(31)24(33-20)34-25-26-17-9-3-4-10-18(17)27(25)12-13-32-19-11-5-7-15-6-1-2-8-16(15)19/h1-11,20-24,28-31H,12-14H2. The number of hydrogen-bond donors (Lipinski definition) is 4. The van der Waals surface area contributed by atoms with Crippen molar-refractivity contribution < 1.29 is 29.9 Å². The number of para-hydroxylation sites is 2. The number of aliphatic hydroxyl groups excluding tert-OH is 4. The summed E-state index contributed by atoms with van der Waals surface area (Å²) < 4.78 is 13.8. The zero-order valence-corrected chi connectivity index (χ0v) is 19.1. The molecule has 1 aliphatic heterocycles. The maximum absolute atomic E-state index is 10.5. The number of fused-ring (bicyclic) bond motifs is 2.